The van der Waals surface area contributed by atoms with Crippen LogP contribution in [-0.4, -0.2) is 39.3 Å². The van der Waals surface area contributed by atoms with Crippen molar-refractivity contribution < 1.29 is 14.3 Å². The molecule has 5 heteroatoms. The summed E-state index contributed by atoms with van der Waals surface area (Å²) in [6.07, 6.45) is 3.44. The quantitative estimate of drug-likeness (QED) is 0.799. The van der Waals surface area contributed by atoms with Crippen LogP contribution in [0, 0.1) is 0 Å². The molecule has 1 fully saturated rings. The first-order valence-electron chi connectivity index (χ1n) is 7.44. The van der Waals surface area contributed by atoms with Crippen molar-refractivity contribution in [3.8, 4) is 11.5 Å². The summed E-state index contributed by atoms with van der Waals surface area (Å²) >= 11 is 0. The summed E-state index contributed by atoms with van der Waals surface area (Å²) in [6, 6.07) is 6.08. The van der Waals surface area contributed by atoms with E-state index in [0.717, 1.165) is 30.0 Å². The van der Waals surface area contributed by atoms with Crippen LogP contribution in [0.3, 0.4) is 0 Å². The highest BCUT2D eigenvalue weighted by atomic mass is 16.5. The second-order valence-electron chi connectivity index (χ2n) is 5.28. The fourth-order valence-electron chi connectivity index (χ4n) is 2.58. The number of rotatable bonds is 7. The summed E-state index contributed by atoms with van der Waals surface area (Å²) in [7, 11) is 3.27. The number of carbonyl (C=O) groups excluding carboxylic acids is 1. The number of aryl methyl sites for hydroxylation is 1. The minimum absolute atomic E-state index is 0.0774. The molecule has 0 radical (unpaired) electrons. The smallest absolute Gasteiger partial charge is 0.220 e. The van der Waals surface area contributed by atoms with Gasteiger partial charge in [-0.15, -0.1) is 0 Å². The van der Waals surface area contributed by atoms with Crippen LogP contribution in [0.4, 0.5) is 0 Å². The second-order valence-corrected chi connectivity index (χ2v) is 5.28. The van der Waals surface area contributed by atoms with Crippen molar-refractivity contribution in [1.82, 2.24) is 10.6 Å². The third-order valence-electron chi connectivity index (χ3n) is 3.82. The van der Waals surface area contributed by atoms with E-state index in [0.29, 0.717) is 25.4 Å². The Bertz CT molecular complexity index is 471. The highest BCUT2D eigenvalue weighted by molar-refractivity contribution is 5.76. The van der Waals surface area contributed by atoms with E-state index in [-0.39, 0.29) is 5.91 Å². The third-order valence-corrected chi connectivity index (χ3v) is 3.82. The second kappa shape index (κ2) is 7.88. The molecule has 2 N–H and O–H groups in total. The largest absolute Gasteiger partial charge is 0.497 e. The molecule has 1 unspecified atom stereocenters. The van der Waals surface area contributed by atoms with Gasteiger partial charge in [0.05, 0.1) is 14.2 Å². The summed E-state index contributed by atoms with van der Waals surface area (Å²) in [6.45, 7) is 1.77. The zero-order valence-corrected chi connectivity index (χ0v) is 12.8. The van der Waals surface area contributed by atoms with E-state index < -0.39 is 0 Å². The molecule has 2 rings (SSSR count). The highest BCUT2D eigenvalue weighted by Crippen LogP contribution is 2.25. The topological polar surface area (TPSA) is 59.6 Å². The molecular weight excluding hydrogens is 268 g/mol. The molecule has 5 nitrogen and oxygen atoms in total. The number of nitrogens with one attached hydrogen (secondary N) is 2. The Hall–Kier alpha value is -1.75. The summed E-state index contributed by atoms with van der Waals surface area (Å²) in [5.74, 6) is 1.65. The van der Waals surface area contributed by atoms with Crippen molar-refractivity contribution in [2.24, 2.45) is 0 Å². The molecule has 1 amide bonds. The number of hydrogen-bond donors (Lipinski definition) is 2. The lowest BCUT2D eigenvalue weighted by molar-refractivity contribution is -0.121. The van der Waals surface area contributed by atoms with Gasteiger partial charge in [-0.3, -0.25) is 4.79 Å². The van der Waals surface area contributed by atoms with Crippen LogP contribution in [0.1, 0.15) is 24.8 Å². The lowest BCUT2D eigenvalue weighted by Crippen LogP contribution is -2.37. The normalized spacial score (nSPS) is 17.5. The molecule has 1 aliphatic rings. The van der Waals surface area contributed by atoms with Gasteiger partial charge in [0.25, 0.3) is 0 Å². The Kier molecular flexibility index (Phi) is 5.87. The van der Waals surface area contributed by atoms with Crippen LogP contribution in [-0.2, 0) is 11.2 Å². The van der Waals surface area contributed by atoms with Gasteiger partial charge in [0, 0.05) is 19.0 Å². The third kappa shape index (κ3) is 4.63. The van der Waals surface area contributed by atoms with Gasteiger partial charge in [-0.25, -0.2) is 0 Å². The van der Waals surface area contributed by atoms with Crippen molar-refractivity contribution in [2.75, 3.05) is 27.3 Å². The molecule has 1 atom stereocenters. The number of ether oxygens (including phenoxy) is 2. The number of hydrogen-bond acceptors (Lipinski definition) is 4. The van der Waals surface area contributed by atoms with E-state index in [1.165, 1.54) is 6.42 Å². The van der Waals surface area contributed by atoms with Crippen LogP contribution in [0.15, 0.2) is 18.2 Å². The van der Waals surface area contributed by atoms with Crippen molar-refractivity contribution in [2.45, 2.75) is 31.7 Å². The van der Waals surface area contributed by atoms with Crippen LogP contribution >= 0.6 is 0 Å². The van der Waals surface area contributed by atoms with Crippen LogP contribution in [0.25, 0.3) is 0 Å². The monoisotopic (exact) mass is 292 g/mol. The van der Waals surface area contributed by atoms with Crippen molar-refractivity contribution in [3.63, 3.8) is 0 Å². The van der Waals surface area contributed by atoms with E-state index in [9.17, 15) is 4.79 Å². The van der Waals surface area contributed by atoms with E-state index >= 15 is 0 Å². The average molecular weight is 292 g/mol. The zero-order chi connectivity index (χ0) is 15.1. The van der Waals surface area contributed by atoms with Gasteiger partial charge >= 0.3 is 0 Å². The lowest BCUT2D eigenvalue weighted by Gasteiger charge is -2.13. The zero-order valence-electron chi connectivity index (χ0n) is 12.8. The molecular formula is C16H24N2O3. The molecule has 0 spiro atoms. The average Bonchev–Trinajstić information content (AvgIpc) is 3.04. The highest BCUT2D eigenvalue weighted by Gasteiger charge is 2.15. The maximum absolute atomic E-state index is 11.9. The predicted octanol–water partition coefficient (Wildman–Crippen LogP) is 1.50. The van der Waals surface area contributed by atoms with Crippen molar-refractivity contribution in [1.29, 1.82) is 0 Å². The van der Waals surface area contributed by atoms with Crippen LogP contribution in [0.5, 0.6) is 11.5 Å². The Labute approximate surface area is 126 Å². The Morgan fingerprint density at radius 3 is 2.90 bits per heavy atom. The summed E-state index contributed by atoms with van der Waals surface area (Å²) in [5, 5.41) is 6.36. The van der Waals surface area contributed by atoms with Crippen LogP contribution < -0.4 is 20.1 Å². The molecule has 21 heavy (non-hydrogen) atoms. The molecule has 0 aliphatic carbocycles. The molecule has 116 valence electrons. The molecule has 1 aliphatic heterocycles. The fraction of sp³-hybridized carbons (Fsp3) is 0.562. The fourth-order valence-corrected chi connectivity index (χ4v) is 2.58. The maximum Gasteiger partial charge on any atom is 0.220 e. The molecule has 0 saturated carbocycles. The van der Waals surface area contributed by atoms with Gasteiger partial charge in [0.2, 0.25) is 5.91 Å². The first kappa shape index (κ1) is 15.6. The SMILES string of the molecule is COc1ccc(OC)c(CCC(=O)NCC2CCCN2)c1. The van der Waals surface area contributed by atoms with Crippen molar-refractivity contribution in [3.05, 3.63) is 23.8 Å². The first-order valence-corrected chi connectivity index (χ1v) is 7.44. The molecule has 1 aromatic rings. The van der Waals surface area contributed by atoms with Gasteiger partial charge in [0.1, 0.15) is 11.5 Å². The van der Waals surface area contributed by atoms with Crippen LogP contribution in [0.2, 0.25) is 0 Å². The number of amides is 1. The molecule has 1 heterocycles. The van der Waals surface area contributed by atoms with E-state index in [2.05, 4.69) is 10.6 Å². The Balaban J connectivity index is 1.82. The number of carbonyl (C=O) groups is 1. The van der Waals surface area contributed by atoms with E-state index in [1.54, 1.807) is 14.2 Å². The minimum atomic E-state index is 0.0774. The standard InChI is InChI=1S/C16H24N2O3/c1-20-14-6-7-15(21-2)12(10-14)5-8-16(19)18-11-13-4-3-9-17-13/h6-7,10,13,17H,3-5,8-9,11H2,1-2H3,(H,18,19). The van der Waals surface area contributed by atoms with Gasteiger partial charge < -0.3 is 20.1 Å². The maximum atomic E-state index is 11.9. The Morgan fingerprint density at radius 1 is 1.38 bits per heavy atom. The number of benzene rings is 1. The number of methoxy groups -OCH3 is 2. The van der Waals surface area contributed by atoms with Gasteiger partial charge in [0.15, 0.2) is 0 Å². The van der Waals surface area contributed by atoms with Gasteiger partial charge in [-0.2, -0.15) is 0 Å². The molecule has 0 aromatic heterocycles. The lowest BCUT2D eigenvalue weighted by atomic mass is 10.1. The summed E-state index contributed by atoms with van der Waals surface area (Å²) in [5.41, 5.74) is 0.992. The van der Waals surface area contributed by atoms with E-state index in [1.807, 2.05) is 18.2 Å². The molecule has 1 saturated heterocycles. The van der Waals surface area contributed by atoms with Crippen molar-refractivity contribution >= 4 is 5.91 Å². The Morgan fingerprint density at radius 2 is 2.24 bits per heavy atom. The predicted molar refractivity (Wildman–Crippen MR) is 81.9 cm³/mol. The van der Waals surface area contributed by atoms with Gasteiger partial charge in [-0.1, -0.05) is 0 Å². The minimum Gasteiger partial charge on any atom is -0.497 e. The summed E-state index contributed by atoms with van der Waals surface area (Å²) < 4.78 is 10.5. The first-order chi connectivity index (χ1) is 10.2. The van der Waals surface area contributed by atoms with E-state index in [4.69, 9.17) is 9.47 Å². The molecule has 0 bridgehead atoms. The van der Waals surface area contributed by atoms with Gasteiger partial charge in [-0.05, 0) is 49.6 Å². The summed E-state index contributed by atoms with van der Waals surface area (Å²) in [4.78, 5) is 11.9. The molecule has 1 aromatic carbocycles.